The highest BCUT2D eigenvalue weighted by Crippen LogP contribution is 2.36. The maximum atomic E-state index is 13.3. The molecule has 8 nitrogen and oxygen atoms in total. The zero-order valence-corrected chi connectivity index (χ0v) is 22.6. The molecule has 0 saturated heterocycles. The van der Waals surface area contributed by atoms with Gasteiger partial charge in [0.15, 0.2) is 11.0 Å². The van der Waals surface area contributed by atoms with E-state index in [9.17, 15) is 14.0 Å². The molecule has 0 atom stereocenters. The summed E-state index contributed by atoms with van der Waals surface area (Å²) in [5, 5.41) is 14.4. The average molecular weight is 581 g/mol. The van der Waals surface area contributed by atoms with Gasteiger partial charge in [0.05, 0.1) is 17.9 Å². The zero-order valence-electron chi connectivity index (χ0n) is 19.5. The van der Waals surface area contributed by atoms with Crippen molar-refractivity contribution in [2.75, 3.05) is 18.2 Å². The molecule has 4 rings (SSSR count). The molecule has 0 aliphatic heterocycles. The second kappa shape index (κ2) is 12.0. The van der Waals surface area contributed by atoms with E-state index in [4.69, 9.17) is 32.7 Å². The summed E-state index contributed by atoms with van der Waals surface area (Å²) >= 11 is 14.5. The molecule has 0 aliphatic rings. The molecular weight excluding hydrogens is 562 g/mol. The number of carbonyl (C=O) groups excluding carboxylic acids is 2. The van der Waals surface area contributed by atoms with Crippen LogP contribution in [0.2, 0.25) is 10.0 Å². The van der Waals surface area contributed by atoms with E-state index in [1.54, 1.807) is 47.3 Å². The Labute approximate surface area is 229 Å². The van der Waals surface area contributed by atoms with Gasteiger partial charge in [-0.3, -0.25) is 4.79 Å². The first-order valence-corrected chi connectivity index (χ1v) is 13.2. The number of thioether (sulfide) groups is 1. The summed E-state index contributed by atoms with van der Waals surface area (Å²) in [5.74, 6) is -0.402. The predicted molar refractivity (Wildman–Crippen MR) is 142 cm³/mol. The van der Waals surface area contributed by atoms with Gasteiger partial charge in [-0.25, -0.2) is 9.18 Å². The molecule has 2 heterocycles. The highest BCUT2D eigenvalue weighted by atomic mass is 35.5. The Balaban J connectivity index is 1.40. The molecule has 0 spiro atoms. The Hall–Kier alpha value is -3.12. The van der Waals surface area contributed by atoms with Gasteiger partial charge in [-0.1, -0.05) is 47.1 Å². The topological polar surface area (TPSA) is 95.3 Å². The van der Waals surface area contributed by atoms with Crippen LogP contribution in [0, 0.1) is 5.82 Å². The van der Waals surface area contributed by atoms with Crippen molar-refractivity contribution >= 4 is 63.2 Å². The van der Waals surface area contributed by atoms with E-state index in [1.807, 2.05) is 0 Å². The molecule has 4 aromatic rings. The molecule has 0 unspecified atom stereocenters. The first-order chi connectivity index (χ1) is 17.8. The maximum absolute atomic E-state index is 13.3. The first-order valence-electron chi connectivity index (χ1n) is 10.6. The summed E-state index contributed by atoms with van der Waals surface area (Å²) in [6.07, 6.45) is 0. The molecule has 13 heteroatoms. The van der Waals surface area contributed by atoms with Crippen molar-refractivity contribution in [1.82, 2.24) is 14.8 Å². The lowest BCUT2D eigenvalue weighted by atomic mass is 10.0. The number of hydrogen-bond donors (Lipinski definition) is 1. The molecule has 0 bridgehead atoms. The fourth-order valence-corrected chi connectivity index (χ4v) is 5.25. The molecule has 0 aliphatic carbocycles. The normalized spacial score (nSPS) is 10.8. The van der Waals surface area contributed by atoms with Crippen LogP contribution in [-0.2, 0) is 23.2 Å². The van der Waals surface area contributed by atoms with E-state index in [1.165, 1.54) is 42.3 Å². The van der Waals surface area contributed by atoms with E-state index in [0.29, 0.717) is 42.9 Å². The molecule has 0 fully saturated rings. The number of thiophene rings is 1. The number of nitrogens with one attached hydrogen (secondary N) is 1. The fraction of sp³-hybridized carbons (Fsp3) is 0.167. The lowest BCUT2D eigenvalue weighted by Gasteiger charge is -2.09. The van der Waals surface area contributed by atoms with Gasteiger partial charge in [0.1, 0.15) is 28.7 Å². The highest BCUT2D eigenvalue weighted by molar-refractivity contribution is 7.99. The number of nitrogens with zero attached hydrogens (tertiary/aromatic N) is 3. The number of rotatable bonds is 9. The van der Waals surface area contributed by atoms with Crippen molar-refractivity contribution in [2.45, 2.75) is 11.8 Å². The largest absolute Gasteiger partial charge is 0.484 e. The molecule has 1 amide bonds. The number of methoxy groups -OCH3 is 1. The van der Waals surface area contributed by atoms with Crippen molar-refractivity contribution in [3.05, 3.63) is 75.1 Å². The number of esters is 1. The fourth-order valence-electron chi connectivity index (χ4n) is 3.22. The molecule has 37 heavy (non-hydrogen) atoms. The van der Waals surface area contributed by atoms with E-state index in [2.05, 4.69) is 15.5 Å². The highest BCUT2D eigenvalue weighted by Gasteiger charge is 2.23. The van der Waals surface area contributed by atoms with Gasteiger partial charge in [0.25, 0.3) is 0 Å². The second-order valence-electron chi connectivity index (χ2n) is 7.51. The number of hydrogen-bond acceptors (Lipinski definition) is 8. The number of aromatic nitrogens is 3. The van der Waals surface area contributed by atoms with Gasteiger partial charge in [-0.2, -0.15) is 0 Å². The molecule has 2 aromatic carbocycles. The minimum Gasteiger partial charge on any atom is -0.484 e. The Morgan fingerprint density at radius 1 is 1.16 bits per heavy atom. The number of benzene rings is 2. The van der Waals surface area contributed by atoms with E-state index in [-0.39, 0.29) is 23.8 Å². The van der Waals surface area contributed by atoms with Crippen LogP contribution in [0.15, 0.2) is 53.0 Å². The summed E-state index contributed by atoms with van der Waals surface area (Å²) in [5.41, 5.74) is 1.37. The molecule has 0 radical (unpaired) electrons. The summed E-state index contributed by atoms with van der Waals surface area (Å²) in [4.78, 5) is 25.2. The summed E-state index contributed by atoms with van der Waals surface area (Å²) in [7, 11) is 3.01. The van der Waals surface area contributed by atoms with Crippen LogP contribution in [0.3, 0.4) is 0 Å². The third kappa shape index (κ3) is 6.42. The van der Waals surface area contributed by atoms with Crippen LogP contribution in [0.25, 0.3) is 11.1 Å². The predicted octanol–water partition coefficient (Wildman–Crippen LogP) is 6.09. The molecular formula is C24H19Cl2FN4O4S2. The average Bonchev–Trinajstić information content (AvgIpc) is 3.46. The van der Waals surface area contributed by atoms with Crippen molar-refractivity contribution in [3.8, 4) is 16.9 Å². The van der Waals surface area contributed by atoms with Crippen molar-refractivity contribution < 1.29 is 23.5 Å². The van der Waals surface area contributed by atoms with Crippen molar-refractivity contribution in [3.63, 3.8) is 0 Å². The third-order valence-electron chi connectivity index (χ3n) is 5.10. The van der Waals surface area contributed by atoms with Gasteiger partial charge in [0.2, 0.25) is 5.91 Å². The van der Waals surface area contributed by atoms with E-state index < -0.39 is 11.8 Å². The minimum absolute atomic E-state index is 0.0113. The van der Waals surface area contributed by atoms with Crippen LogP contribution >= 0.6 is 46.3 Å². The Kier molecular flexibility index (Phi) is 8.70. The monoisotopic (exact) mass is 580 g/mol. The lowest BCUT2D eigenvalue weighted by Crippen LogP contribution is -2.16. The zero-order chi connectivity index (χ0) is 26.5. The van der Waals surface area contributed by atoms with Gasteiger partial charge < -0.3 is 19.4 Å². The number of anilines is 1. The quantitative estimate of drug-likeness (QED) is 0.189. The maximum Gasteiger partial charge on any atom is 0.341 e. The van der Waals surface area contributed by atoms with Crippen molar-refractivity contribution in [1.29, 1.82) is 0 Å². The summed E-state index contributed by atoms with van der Waals surface area (Å²) < 4.78 is 25.6. The van der Waals surface area contributed by atoms with E-state index >= 15 is 0 Å². The van der Waals surface area contributed by atoms with Gasteiger partial charge in [-0.05, 0) is 29.8 Å². The number of amides is 1. The van der Waals surface area contributed by atoms with Crippen LogP contribution in [0.5, 0.6) is 5.75 Å². The van der Waals surface area contributed by atoms with Crippen LogP contribution in [0.4, 0.5) is 9.39 Å². The van der Waals surface area contributed by atoms with Gasteiger partial charge in [0, 0.05) is 29.1 Å². The van der Waals surface area contributed by atoms with Gasteiger partial charge >= 0.3 is 5.97 Å². The molecule has 1 N–H and O–H groups in total. The molecule has 192 valence electrons. The lowest BCUT2D eigenvalue weighted by molar-refractivity contribution is -0.113. The number of carbonyl (C=O) groups is 2. The van der Waals surface area contributed by atoms with Crippen LogP contribution < -0.4 is 10.1 Å². The summed E-state index contributed by atoms with van der Waals surface area (Å²) in [6, 6.07) is 10.6. The smallest absolute Gasteiger partial charge is 0.341 e. The van der Waals surface area contributed by atoms with E-state index in [0.717, 1.165) is 0 Å². The van der Waals surface area contributed by atoms with Crippen LogP contribution in [0.1, 0.15) is 16.2 Å². The Bertz CT molecular complexity index is 1440. The van der Waals surface area contributed by atoms with Crippen molar-refractivity contribution in [2.24, 2.45) is 7.05 Å². The van der Waals surface area contributed by atoms with Crippen LogP contribution in [-0.4, -0.2) is 39.5 Å². The standard InChI is InChI=1S/C24H19Cl2FN4O4S2/c1-31-19(10-35-18-9-14(25)5-8-17(18)26)29-30-24(31)37-12-20(32)28-22-21(23(33)34-2)16(11-36-22)13-3-6-15(27)7-4-13/h3-9,11H,10,12H2,1-2H3,(H,28,32). The first kappa shape index (κ1) is 26.9. The Morgan fingerprint density at radius 3 is 2.65 bits per heavy atom. The summed E-state index contributed by atoms with van der Waals surface area (Å²) in [6.45, 7) is 0.0974. The Morgan fingerprint density at radius 2 is 1.92 bits per heavy atom. The van der Waals surface area contributed by atoms with Gasteiger partial charge in [-0.15, -0.1) is 21.5 Å². The number of halogens is 3. The number of ether oxygens (including phenoxy) is 2. The third-order valence-corrected chi connectivity index (χ3v) is 7.56. The molecule has 2 aromatic heterocycles. The SMILES string of the molecule is COC(=O)c1c(-c2ccc(F)cc2)csc1NC(=O)CSc1nnc(COc2cc(Cl)ccc2Cl)n1C. The molecule has 0 saturated carbocycles. The minimum atomic E-state index is -0.610. The second-order valence-corrected chi connectivity index (χ2v) is 10.2.